The van der Waals surface area contributed by atoms with Crippen LogP contribution in [-0.4, -0.2) is 33.3 Å². The third-order valence-electron chi connectivity index (χ3n) is 3.59. The fourth-order valence-electron chi connectivity index (χ4n) is 2.55. The number of aliphatic carboxylic acids is 2. The first-order valence-corrected chi connectivity index (χ1v) is 7.61. The SMILES string of the molecule is O=C(O)/C=C/C(=O)O.c1coc(CCC2NCCn3cccc32)c1. The minimum Gasteiger partial charge on any atom is -0.478 e. The number of hydrogen-bond acceptors (Lipinski definition) is 4. The molecule has 0 aliphatic carbocycles. The minimum absolute atomic E-state index is 0.467. The minimum atomic E-state index is -1.26. The highest BCUT2D eigenvalue weighted by Gasteiger charge is 2.18. The van der Waals surface area contributed by atoms with E-state index in [1.807, 2.05) is 12.1 Å². The number of hydrogen-bond donors (Lipinski definition) is 3. The predicted octanol–water partition coefficient (Wildman–Crippen LogP) is 2.07. The van der Waals surface area contributed by atoms with Crippen molar-refractivity contribution in [2.45, 2.75) is 25.4 Å². The second kappa shape index (κ2) is 8.73. The molecule has 3 N–H and O–H groups in total. The fourth-order valence-corrected chi connectivity index (χ4v) is 2.55. The summed E-state index contributed by atoms with van der Waals surface area (Å²) >= 11 is 0. The van der Waals surface area contributed by atoms with E-state index >= 15 is 0 Å². The first kappa shape index (κ1) is 17.6. The van der Waals surface area contributed by atoms with Gasteiger partial charge in [0.05, 0.1) is 6.26 Å². The average Bonchev–Trinajstić information content (AvgIpc) is 3.22. The molecule has 0 amide bonds. The van der Waals surface area contributed by atoms with Crippen LogP contribution in [0.25, 0.3) is 0 Å². The molecular weight excluding hydrogens is 312 g/mol. The lowest BCUT2D eigenvalue weighted by atomic mass is 10.1. The smallest absolute Gasteiger partial charge is 0.328 e. The van der Waals surface area contributed by atoms with Gasteiger partial charge < -0.3 is 24.5 Å². The van der Waals surface area contributed by atoms with Crippen molar-refractivity contribution < 1.29 is 24.2 Å². The summed E-state index contributed by atoms with van der Waals surface area (Å²) in [6.07, 6.45) is 7.11. The van der Waals surface area contributed by atoms with Gasteiger partial charge in [0, 0.05) is 49.6 Å². The Bertz CT molecular complexity index is 672. The van der Waals surface area contributed by atoms with Crippen molar-refractivity contribution in [2.24, 2.45) is 0 Å². The molecule has 1 aliphatic heterocycles. The Hall–Kier alpha value is -2.80. The number of fused-ring (bicyclic) bond motifs is 1. The van der Waals surface area contributed by atoms with Crippen molar-refractivity contribution >= 4 is 11.9 Å². The molecule has 3 heterocycles. The van der Waals surface area contributed by atoms with Crippen LogP contribution in [0.3, 0.4) is 0 Å². The van der Waals surface area contributed by atoms with Crippen LogP contribution in [0.15, 0.2) is 53.3 Å². The number of carbonyl (C=O) groups is 2. The molecule has 1 aliphatic rings. The number of nitrogens with zero attached hydrogens (tertiary/aromatic N) is 1. The molecule has 24 heavy (non-hydrogen) atoms. The van der Waals surface area contributed by atoms with Gasteiger partial charge in [-0.2, -0.15) is 0 Å². The molecule has 7 heteroatoms. The summed E-state index contributed by atoms with van der Waals surface area (Å²) < 4.78 is 7.70. The van der Waals surface area contributed by atoms with Crippen LogP contribution in [0.5, 0.6) is 0 Å². The van der Waals surface area contributed by atoms with Gasteiger partial charge in [-0.15, -0.1) is 0 Å². The van der Waals surface area contributed by atoms with Crippen LogP contribution in [0.1, 0.15) is 23.9 Å². The van der Waals surface area contributed by atoms with E-state index in [-0.39, 0.29) is 0 Å². The molecule has 2 aromatic rings. The third kappa shape index (κ3) is 5.44. The number of aromatic nitrogens is 1. The molecule has 0 saturated carbocycles. The van der Waals surface area contributed by atoms with E-state index in [0.29, 0.717) is 18.2 Å². The molecule has 0 radical (unpaired) electrons. The third-order valence-corrected chi connectivity index (χ3v) is 3.59. The molecule has 0 aromatic carbocycles. The van der Waals surface area contributed by atoms with Gasteiger partial charge in [0.2, 0.25) is 0 Å². The molecular formula is C17H20N2O5. The quantitative estimate of drug-likeness (QED) is 0.724. The second-order valence-corrected chi connectivity index (χ2v) is 5.26. The average molecular weight is 332 g/mol. The lowest BCUT2D eigenvalue weighted by molar-refractivity contribution is -0.134. The van der Waals surface area contributed by atoms with Crippen LogP contribution < -0.4 is 5.32 Å². The Balaban J connectivity index is 0.000000224. The number of carboxylic acids is 2. The monoisotopic (exact) mass is 332 g/mol. The summed E-state index contributed by atoms with van der Waals surface area (Å²) in [6, 6.07) is 8.80. The van der Waals surface area contributed by atoms with Crippen LogP contribution in [0, 0.1) is 0 Å². The molecule has 128 valence electrons. The maximum Gasteiger partial charge on any atom is 0.328 e. The van der Waals surface area contributed by atoms with Gasteiger partial charge in [0.1, 0.15) is 5.76 Å². The van der Waals surface area contributed by atoms with Crippen molar-refractivity contribution in [1.29, 1.82) is 0 Å². The number of nitrogens with one attached hydrogen (secondary N) is 1. The molecule has 0 spiro atoms. The van der Waals surface area contributed by atoms with E-state index in [0.717, 1.165) is 31.7 Å². The number of furan rings is 1. The van der Waals surface area contributed by atoms with Crippen molar-refractivity contribution in [3.63, 3.8) is 0 Å². The lowest BCUT2D eigenvalue weighted by Crippen LogP contribution is -2.33. The largest absolute Gasteiger partial charge is 0.478 e. The maximum atomic E-state index is 9.55. The Labute approximate surface area is 139 Å². The van der Waals surface area contributed by atoms with Gasteiger partial charge >= 0.3 is 11.9 Å². The fraction of sp³-hybridized carbons (Fsp3) is 0.294. The Morgan fingerprint density at radius 2 is 2.00 bits per heavy atom. The van der Waals surface area contributed by atoms with Crippen LogP contribution in [0.2, 0.25) is 0 Å². The first-order valence-electron chi connectivity index (χ1n) is 7.61. The van der Waals surface area contributed by atoms with Crippen LogP contribution >= 0.6 is 0 Å². The highest BCUT2D eigenvalue weighted by Crippen LogP contribution is 2.22. The van der Waals surface area contributed by atoms with E-state index in [1.165, 1.54) is 5.69 Å². The van der Waals surface area contributed by atoms with E-state index in [4.69, 9.17) is 14.6 Å². The van der Waals surface area contributed by atoms with Gasteiger partial charge in [0.25, 0.3) is 0 Å². The highest BCUT2D eigenvalue weighted by atomic mass is 16.4. The lowest BCUT2D eigenvalue weighted by Gasteiger charge is -2.26. The Morgan fingerprint density at radius 3 is 2.62 bits per heavy atom. The highest BCUT2D eigenvalue weighted by molar-refractivity contribution is 5.89. The summed E-state index contributed by atoms with van der Waals surface area (Å²) in [4.78, 5) is 19.1. The number of aryl methyl sites for hydroxylation is 1. The normalized spacial score (nSPS) is 16.2. The first-order chi connectivity index (χ1) is 11.6. The van der Waals surface area contributed by atoms with Gasteiger partial charge in [-0.05, 0) is 30.7 Å². The molecule has 1 atom stereocenters. The van der Waals surface area contributed by atoms with Crippen molar-refractivity contribution in [3.05, 3.63) is 60.3 Å². The summed E-state index contributed by atoms with van der Waals surface area (Å²) in [5, 5.41) is 19.2. The van der Waals surface area contributed by atoms with Crippen LogP contribution in [-0.2, 0) is 22.6 Å². The molecule has 0 fully saturated rings. The van der Waals surface area contributed by atoms with Crippen molar-refractivity contribution in [1.82, 2.24) is 9.88 Å². The van der Waals surface area contributed by atoms with E-state index in [9.17, 15) is 9.59 Å². The molecule has 0 bridgehead atoms. The summed E-state index contributed by atoms with van der Waals surface area (Å²) in [5.41, 5.74) is 1.40. The summed E-state index contributed by atoms with van der Waals surface area (Å²) in [6.45, 7) is 2.14. The number of rotatable bonds is 5. The Morgan fingerprint density at radius 1 is 1.25 bits per heavy atom. The van der Waals surface area contributed by atoms with Gasteiger partial charge in [0.15, 0.2) is 0 Å². The van der Waals surface area contributed by atoms with Gasteiger partial charge in [-0.1, -0.05) is 0 Å². The molecule has 7 nitrogen and oxygen atoms in total. The van der Waals surface area contributed by atoms with Gasteiger partial charge in [-0.25, -0.2) is 9.59 Å². The standard InChI is InChI=1S/C13H16N2O.C4H4O4/c1-4-13-12(14-7-9-15(13)8-1)6-5-11-3-2-10-16-11;5-3(6)1-2-4(7)8/h1-4,8,10,12,14H,5-7,9H2;1-2H,(H,5,6)(H,7,8)/b;2-1+. The van der Waals surface area contributed by atoms with Crippen LogP contribution in [0.4, 0.5) is 0 Å². The van der Waals surface area contributed by atoms with E-state index < -0.39 is 11.9 Å². The summed E-state index contributed by atoms with van der Waals surface area (Å²) in [7, 11) is 0. The zero-order valence-electron chi connectivity index (χ0n) is 13.1. The number of carboxylic acid groups (broad SMARTS) is 2. The van der Waals surface area contributed by atoms with E-state index in [1.54, 1.807) is 6.26 Å². The summed E-state index contributed by atoms with van der Waals surface area (Å²) in [5.74, 6) is -1.44. The molecule has 3 rings (SSSR count). The van der Waals surface area contributed by atoms with Gasteiger partial charge in [-0.3, -0.25) is 0 Å². The van der Waals surface area contributed by atoms with Crippen molar-refractivity contribution in [2.75, 3.05) is 6.54 Å². The maximum absolute atomic E-state index is 9.55. The predicted molar refractivity (Wildman–Crippen MR) is 86.6 cm³/mol. The van der Waals surface area contributed by atoms with E-state index in [2.05, 4.69) is 28.2 Å². The zero-order chi connectivity index (χ0) is 17.4. The topological polar surface area (TPSA) is 105 Å². The molecule has 2 aromatic heterocycles. The zero-order valence-corrected chi connectivity index (χ0v) is 13.1. The molecule has 0 saturated heterocycles. The van der Waals surface area contributed by atoms with Crippen molar-refractivity contribution in [3.8, 4) is 0 Å². The second-order valence-electron chi connectivity index (χ2n) is 5.26. The molecule has 1 unspecified atom stereocenters. The Kier molecular flexibility index (Phi) is 6.39.